The van der Waals surface area contributed by atoms with Crippen molar-refractivity contribution in [3.63, 3.8) is 0 Å². The fraction of sp³-hybridized carbons (Fsp3) is 0.188. The highest BCUT2D eigenvalue weighted by atomic mass is 16.5. The lowest BCUT2D eigenvalue weighted by Crippen LogP contribution is -2.30. The first-order valence-corrected chi connectivity index (χ1v) is 7.16. The summed E-state index contributed by atoms with van der Waals surface area (Å²) in [4.78, 5) is 26.8. The lowest BCUT2D eigenvalue weighted by Gasteiger charge is -2.06. The molecule has 3 rings (SSSR count). The van der Waals surface area contributed by atoms with Gasteiger partial charge in [-0.05, 0) is 17.7 Å². The van der Waals surface area contributed by atoms with E-state index in [-0.39, 0.29) is 18.0 Å². The Morgan fingerprint density at radius 2 is 2.08 bits per heavy atom. The summed E-state index contributed by atoms with van der Waals surface area (Å²) < 4.78 is 1.94. The Bertz CT molecular complexity index is 978. The first-order valence-electron chi connectivity index (χ1n) is 7.16. The van der Waals surface area contributed by atoms with Crippen molar-refractivity contribution in [1.29, 1.82) is 0 Å². The number of aromatic nitrogens is 4. The molecule has 3 aromatic rings. The molecular weight excluding hydrogens is 312 g/mol. The molecule has 0 radical (unpaired) electrons. The van der Waals surface area contributed by atoms with Crippen LogP contribution in [0.1, 0.15) is 23.2 Å². The fourth-order valence-corrected chi connectivity index (χ4v) is 2.49. The third kappa shape index (κ3) is 2.69. The van der Waals surface area contributed by atoms with Gasteiger partial charge in [0.25, 0.3) is 5.82 Å². The van der Waals surface area contributed by atoms with Gasteiger partial charge in [0.05, 0.1) is 11.1 Å². The molecule has 0 unspecified atom stereocenters. The van der Waals surface area contributed by atoms with Crippen LogP contribution in [0, 0.1) is 12.1 Å². The van der Waals surface area contributed by atoms with Crippen molar-refractivity contribution in [3.05, 3.63) is 47.3 Å². The summed E-state index contributed by atoms with van der Waals surface area (Å²) in [6.45, 7) is 2.64. The zero-order valence-electron chi connectivity index (χ0n) is 13.1. The van der Waals surface area contributed by atoms with Crippen molar-refractivity contribution in [2.24, 2.45) is 0 Å². The molecule has 0 saturated heterocycles. The minimum atomic E-state index is -1.05. The van der Waals surface area contributed by atoms with Gasteiger partial charge in [-0.1, -0.05) is 11.1 Å². The van der Waals surface area contributed by atoms with Gasteiger partial charge in [-0.25, -0.2) is 4.73 Å². The first kappa shape index (κ1) is 15.6. The van der Waals surface area contributed by atoms with Crippen molar-refractivity contribution >= 4 is 22.7 Å². The van der Waals surface area contributed by atoms with Crippen molar-refractivity contribution in [2.45, 2.75) is 20.4 Å². The number of fused-ring (bicyclic) bond motifs is 1. The first-order chi connectivity index (χ1) is 11.4. The van der Waals surface area contributed by atoms with Crippen LogP contribution >= 0.6 is 0 Å². The molecule has 1 N–H and O–H groups in total. The second-order valence-corrected chi connectivity index (χ2v) is 5.40. The second-order valence-electron chi connectivity index (χ2n) is 5.40. The number of aliphatic carboxylic acids is 1. The lowest BCUT2D eigenvalue weighted by molar-refractivity contribution is -0.615. The van der Waals surface area contributed by atoms with Crippen LogP contribution < -0.4 is 4.73 Å². The van der Waals surface area contributed by atoms with Crippen molar-refractivity contribution in [2.75, 3.05) is 0 Å². The van der Waals surface area contributed by atoms with Crippen LogP contribution in [-0.4, -0.2) is 31.6 Å². The highest BCUT2D eigenvalue weighted by Crippen LogP contribution is 2.26. The number of carbonyl (C=O) groups is 2. The molecule has 0 spiro atoms. The molecular formula is C16H14N4O4. The third-order valence-corrected chi connectivity index (χ3v) is 3.67. The number of carboxylic acids is 1. The number of carbonyl (C=O) groups excluding carboxylic acids is 1. The maximum Gasteiger partial charge on any atom is 0.325 e. The van der Waals surface area contributed by atoms with E-state index in [2.05, 4.69) is 10.1 Å². The number of hydrogen-bond acceptors (Lipinski definition) is 5. The van der Waals surface area contributed by atoms with E-state index in [0.29, 0.717) is 32.6 Å². The van der Waals surface area contributed by atoms with E-state index in [9.17, 15) is 14.8 Å². The molecule has 8 nitrogen and oxygen atoms in total. The van der Waals surface area contributed by atoms with E-state index in [1.807, 2.05) is 0 Å². The average molecular weight is 326 g/mol. The Balaban J connectivity index is 2.19. The molecule has 1 aromatic carbocycles. The van der Waals surface area contributed by atoms with E-state index < -0.39 is 5.97 Å². The van der Waals surface area contributed by atoms with E-state index in [1.165, 1.54) is 17.8 Å². The smallest absolute Gasteiger partial charge is 0.325 e. The highest BCUT2D eigenvalue weighted by molar-refractivity contribution is 6.06. The number of rotatable bonds is 4. The maximum absolute atomic E-state index is 11.8. The normalized spacial score (nSPS) is 10.9. The van der Waals surface area contributed by atoms with Crippen LogP contribution in [0.3, 0.4) is 0 Å². The molecule has 2 aromatic heterocycles. The van der Waals surface area contributed by atoms with Crippen LogP contribution in [0.5, 0.6) is 0 Å². The molecule has 0 fully saturated rings. The zero-order chi connectivity index (χ0) is 17.4. The number of aryl methyl sites for hydroxylation is 1. The molecule has 2 heterocycles. The number of carboxylic acid groups (broad SMARTS) is 1. The van der Waals surface area contributed by atoms with Crippen LogP contribution in [0.25, 0.3) is 22.0 Å². The molecule has 0 atom stereocenters. The van der Waals surface area contributed by atoms with Crippen LogP contribution in [-0.2, 0) is 11.3 Å². The number of hydrogen-bond donors (Lipinski definition) is 1. The fourth-order valence-electron chi connectivity index (χ4n) is 2.49. The van der Waals surface area contributed by atoms with Gasteiger partial charge in [0.1, 0.15) is 18.4 Å². The maximum atomic E-state index is 11.8. The molecule has 24 heavy (non-hydrogen) atoms. The standard InChI is InChI=1S/C16H14N4O4/c1-9(21)16-13-5-11(12-6-17-10(2)20(24)7-12)3-4-14(13)19(18-16)8-15(22)23/h3-7H,8H2,1-2H3,(H,22,23). The molecule has 0 aliphatic rings. The van der Waals surface area contributed by atoms with Crippen LogP contribution in [0.15, 0.2) is 30.6 Å². The van der Waals surface area contributed by atoms with Gasteiger partial charge in [-0.15, -0.1) is 0 Å². The highest BCUT2D eigenvalue weighted by Gasteiger charge is 2.17. The number of Topliss-reactive ketones (excluding diaryl/α,β-unsaturated/α-hetero) is 1. The quantitative estimate of drug-likeness (QED) is 0.440. The predicted molar refractivity (Wildman–Crippen MR) is 84.3 cm³/mol. The Hall–Kier alpha value is -3.29. The summed E-state index contributed by atoms with van der Waals surface area (Å²) in [5.41, 5.74) is 2.03. The molecule has 8 heteroatoms. The van der Waals surface area contributed by atoms with Gasteiger partial charge in [0, 0.05) is 19.2 Å². The van der Waals surface area contributed by atoms with E-state index >= 15 is 0 Å². The number of nitrogens with zero attached hydrogens (tertiary/aromatic N) is 4. The molecule has 0 amide bonds. The topological polar surface area (TPSA) is 112 Å². The summed E-state index contributed by atoms with van der Waals surface area (Å²) in [7, 11) is 0. The van der Waals surface area contributed by atoms with E-state index in [1.54, 1.807) is 31.3 Å². The zero-order valence-corrected chi connectivity index (χ0v) is 13.1. The minimum absolute atomic E-state index is 0.197. The summed E-state index contributed by atoms with van der Waals surface area (Å²) >= 11 is 0. The predicted octanol–water partition coefficient (Wildman–Crippen LogP) is 1.33. The molecule has 0 aliphatic heterocycles. The second kappa shape index (κ2) is 5.73. The van der Waals surface area contributed by atoms with Gasteiger partial charge < -0.3 is 10.3 Å². The van der Waals surface area contributed by atoms with Crippen molar-refractivity contribution in [1.82, 2.24) is 14.8 Å². The van der Waals surface area contributed by atoms with E-state index in [4.69, 9.17) is 5.11 Å². The van der Waals surface area contributed by atoms with Crippen LogP contribution in [0.2, 0.25) is 0 Å². The van der Waals surface area contributed by atoms with Gasteiger partial charge in [0.15, 0.2) is 12.0 Å². The SMILES string of the molecule is CC(=O)c1nn(CC(=O)O)c2ccc(-c3cnc(C)[n+]([O-])c3)cc12. The Labute approximate surface area is 136 Å². The summed E-state index contributed by atoms with van der Waals surface area (Å²) in [5, 5.41) is 25.3. The Morgan fingerprint density at radius 1 is 1.33 bits per heavy atom. The Kier molecular flexibility index (Phi) is 3.72. The molecule has 0 aliphatic carbocycles. The van der Waals surface area contributed by atoms with Crippen molar-refractivity contribution < 1.29 is 19.4 Å². The minimum Gasteiger partial charge on any atom is -0.711 e. The molecule has 122 valence electrons. The van der Waals surface area contributed by atoms with Gasteiger partial charge in [0.2, 0.25) is 0 Å². The van der Waals surface area contributed by atoms with Gasteiger partial charge in [-0.2, -0.15) is 5.10 Å². The summed E-state index contributed by atoms with van der Waals surface area (Å²) in [5.74, 6) is -0.977. The average Bonchev–Trinajstić information content (AvgIpc) is 2.87. The van der Waals surface area contributed by atoms with Crippen LogP contribution in [0.4, 0.5) is 0 Å². The van der Waals surface area contributed by atoms with Gasteiger partial charge >= 0.3 is 5.97 Å². The largest absolute Gasteiger partial charge is 0.711 e. The molecule has 0 bridgehead atoms. The third-order valence-electron chi connectivity index (χ3n) is 3.67. The molecule has 0 saturated carbocycles. The van der Waals surface area contributed by atoms with Gasteiger partial charge in [-0.3, -0.25) is 14.3 Å². The van der Waals surface area contributed by atoms with E-state index in [0.717, 1.165) is 0 Å². The number of benzene rings is 1. The summed E-state index contributed by atoms with van der Waals surface area (Å²) in [6, 6.07) is 5.13. The Morgan fingerprint density at radius 3 is 2.71 bits per heavy atom. The van der Waals surface area contributed by atoms with Crippen molar-refractivity contribution in [3.8, 4) is 11.1 Å². The monoisotopic (exact) mass is 326 g/mol. The number of ketones is 1. The summed E-state index contributed by atoms with van der Waals surface area (Å²) in [6.07, 6.45) is 2.97. The lowest BCUT2D eigenvalue weighted by atomic mass is 10.0.